The van der Waals surface area contributed by atoms with Crippen LogP contribution in [0.1, 0.15) is 50.2 Å². The number of aryl methyl sites for hydroxylation is 2. The molecule has 0 bridgehead atoms. The monoisotopic (exact) mass is 383 g/mol. The summed E-state index contributed by atoms with van der Waals surface area (Å²) in [4.78, 5) is 7.29. The molecule has 3 nitrogen and oxygen atoms in total. The van der Waals surface area contributed by atoms with Gasteiger partial charge in [0.1, 0.15) is 0 Å². The average molecular weight is 384 g/mol. The van der Waals surface area contributed by atoms with Crippen molar-refractivity contribution in [2.75, 3.05) is 13.1 Å². The van der Waals surface area contributed by atoms with E-state index in [1.807, 2.05) is 32.2 Å². The van der Waals surface area contributed by atoms with Gasteiger partial charge in [-0.1, -0.05) is 31.9 Å². The van der Waals surface area contributed by atoms with Crippen LogP contribution in [0, 0.1) is 13.8 Å². The summed E-state index contributed by atoms with van der Waals surface area (Å²) in [5.41, 5.74) is 4.87. The van der Waals surface area contributed by atoms with Crippen molar-refractivity contribution in [1.29, 1.82) is 0 Å². The molecule has 0 unspecified atom stereocenters. The van der Waals surface area contributed by atoms with Gasteiger partial charge in [0.15, 0.2) is 0 Å². The van der Waals surface area contributed by atoms with E-state index in [2.05, 4.69) is 41.5 Å². The number of hydrogen-bond acceptors (Lipinski definition) is 2. The van der Waals surface area contributed by atoms with E-state index in [4.69, 9.17) is 16.6 Å². The molecule has 3 heterocycles. The summed E-state index contributed by atoms with van der Waals surface area (Å²) >= 11 is 6.07. The Bertz CT molecular complexity index is 890. The zero-order valence-corrected chi connectivity index (χ0v) is 17.7. The molecule has 0 saturated carbocycles. The number of likely N-dealkylation sites (tertiary alicyclic amines) is 1. The second-order valence-electron chi connectivity index (χ2n) is 7.00. The number of piperidine rings is 1. The maximum atomic E-state index is 6.07. The average Bonchev–Trinajstić information content (AvgIpc) is 2.96. The largest absolute Gasteiger partial charge is 0.317 e. The lowest BCUT2D eigenvalue weighted by atomic mass is 10.1. The first kappa shape index (κ1) is 19.9. The Balaban J connectivity index is 0.00000102. The minimum absolute atomic E-state index is 0.767. The van der Waals surface area contributed by atoms with Crippen LogP contribution in [0.5, 0.6) is 0 Å². The van der Waals surface area contributed by atoms with Crippen molar-refractivity contribution in [2.24, 2.45) is 0 Å². The first-order valence-corrected chi connectivity index (χ1v) is 10.5. The smallest absolute Gasteiger partial charge is 0.0640 e. The summed E-state index contributed by atoms with van der Waals surface area (Å²) in [6.07, 6.45) is 5.93. The van der Waals surface area contributed by atoms with Crippen LogP contribution in [-0.2, 0) is 6.54 Å². The molecule has 27 heavy (non-hydrogen) atoms. The van der Waals surface area contributed by atoms with Crippen molar-refractivity contribution in [1.82, 2.24) is 14.5 Å². The molecule has 4 rings (SSSR count). The Hall–Kier alpha value is -1.84. The molecule has 1 aliphatic heterocycles. The molecule has 0 N–H and O–H groups in total. The van der Waals surface area contributed by atoms with Gasteiger partial charge in [0.05, 0.1) is 5.69 Å². The lowest BCUT2D eigenvalue weighted by Crippen LogP contribution is -2.29. The molecule has 0 radical (unpaired) electrons. The molecule has 3 aromatic rings. The predicted molar refractivity (Wildman–Crippen MR) is 116 cm³/mol. The van der Waals surface area contributed by atoms with Gasteiger partial charge in [-0.25, -0.2) is 0 Å². The van der Waals surface area contributed by atoms with Gasteiger partial charge < -0.3 is 4.57 Å². The summed E-state index contributed by atoms with van der Waals surface area (Å²) in [6, 6.07) is 10.2. The quantitative estimate of drug-likeness (QED) is 0.528. The van der Waals surface area contributed by atoms with Crippen molar-refractivity contribution < 1.29 is 0 Å². The van der Waals surface area contributed by atoms with E-state index >= 15 is 0 Å². The van der Waals surface area contributed by atoms with E-state index in [0.29, 0.717) is 0 Å². The fourth-order valence-corrected chi connectivity index (χ4v) is 4.25. The number of pyridine rings is 1. The summed E-state index contributed by atoms with van der Waals surface area (Å²) in [7, 11) is 0. The SMILES string of the molecule is CC.Cc1c2ccnc(CN3CCCCC3)c2c(C)n1-c1ccc(Cl)cc1. The number of rotatable bonds is 3. The maximum Gasteiger partial charge on any atom is 0.0640 e. The van der Waals surface area contributed by atoms with E-state index < -0.39 is 0 Å². The highest BCUT2D eigenvalue weighted by Gasteiger charge is 2.18. The minimum Gasteiger partial charge on any atom is -0.317 e. The predicted octanol–water partition coefficient (Wildman–Crippen LogP) is 6.31. The van der Waals surface area contributed by atoms with Gasteiger partial charge in [0, 0.05) is 45.6 Å². The number of nitrogens with zero attached hydrogens (tertiary/aromatic N) is 3. The number of hydrogen-bond donors (Lipinski definition) is 0. The van der Waals surface area contributed by atoms with Gasteiger partial charge in [-0.15, -0.1) is 0 Å². The normalized spacial score (nSPS) is 14.9. The molecular weight excluding hydrogens is 354 g/mol. The molecule has 0 spiro atoms. The van der Waals surface area contributed by atoms with Gasteiger partial charge in [0.25, 0.3) is 0 Å². The topological polar surface area (TPSA) is 21.1 Å². The lowest BCUT2D eigenvalue weighted by Gasteiger charge is -2.26. The molecule has 1 aromatic carbocycles. The van der Waals surface area contributed by atoms with E-state index in [9.17, 15) is 0 Å². The fourth-order valence-electron chi connectivity index (χ4n) is 4.12. The summed E-state index contributed by atoms with van der Waals surface area (Å²) < 4.78 is 2.32. The highest BCUT2D eigenvalue weighted by Crippen LogP contribution is 2.31. The van der Waals surface area contributed by atoms with Crippen molar-refractivity contribution in [3.8, 4) is 5.69 Å². The Kier molecular flexibility index (Phi) is 6.56. The molecular formula is C23H30ClN3. The third kappa shape index (κ3) is 4.04. The van der Waals surface area contributed by atoms with Crippen LogP contribution in [0.15, 0.2) is 36.5 Å². The Morgan fingerprint density at radius 1 is 0.926 bits per heavy atom. The molecule has 2 aromatic heterocycles. The molecule has 1 saturated heterocycles. The Morgan fingerprint density at radius 2 is 1.59 bits per heavy atom. The van der Waals surface area contributed by atoms with Crippen molar-refractivity contribution in [2.45, 2.75) is 53.5 Å². The van der Waals surface area contributed by atoms with Crippen LogP contribution < -0.4 is 0 Å². The minimum atomic E-state index is 0.767. The zero-order chi connectivity index (χ0) is 19.4. The zero-order valence-electron chi connectivity index (χ0n) is 16.9. The highest BCUT2D eigenvalue weighted by molar-refractivity contribution is 6.30. The summed E-state index contributed by atoms with van der Waals surface area (Å²) in [5, 5.41) is 3.37. The summed E-state index contributed by atoms with van der Waals surface area (Å²) in [6.45, 7) is 11.7. The van der Waals surface area contributed by atoms with Crippen LogP contribution in [0.2, 0.25) is 5.02 Å². The molecule has 144 valence electrons. The van der Waals surface area contributed by atoms with Crippen LogP contribution in [0.3, 0.4) is 0 Å². The fraction of sp³-hybridized carbons (Fsp3) is 0.435. The van der Waals surface area contributed by atoms with Crippen molar-refractivity contribution in [3.63, 3.8) is 0 Å². The number of aromatic nitrogens is 2. The van der Waals surface area contributed by atoms with Gasteiger partial charge in [-0.2, -0.15) is 0 Å². The molecule has 1 fully saturated rings. The van der Waals surface area contributed by atoms with Crippen LogP contribution in [-0.4, -0.2) is 27.5 Å². The lowest BCUT2D eigenvalue weighted by molar-refractivity contribution is 0.219. The van der Waals surface area contributed by atoms with E-state index in [-0.39, 0.29) is 0 Å². The molecule has 0 amide bonds. The Morgan fingerprint density at radius 3 is 2.26 bits per heavy atom. The molecule has 0 atom stereocenters. The summed E-state index contributed by atoms with van der Waals surface area (Å²) in [5.74, 6) is 0. The third-order valence-electron chi connectivity index (χ3n) is 5.36. The van der Waals surface area contributed by atoms with Crippen LogP contribution >= 0.6 is 11.6 Å². The highest BCUT2D eigenvalue weighted by atomic mass is 35.5. The number of fused-ring (bicyclic) bond motifs is 1. The maximum absolute atomic E-state index is 6.07. The standard InChI is InChI=1S/C21H24ClN3.C2H6/c1-15-19-10-11-23-20(14-24-12-4-3-5-13-24)21(19)16(2)25(15)18-8-6-17(22)7-9-18;1-2/h6-11H,3-5,12-14H2,1-2H3;1-2H3. The van der Waals surface area contributed by atoms with E-state index in [1.165, 1.54) is 60.2 Å². The van der Waals surface area contributed by atoms with E-state index in [1.54, 1.807) is 0 Å². The molecule has 0 aliphatic carbocycles. The van der Waals surface area contributed by atoms with Crippen molar-refractivity contribution >= 4 is 22.4 Å². The molecule has 4 heteroatoms. The van der Waals surface area contributed by atoms with Gasteiger partial charge in [-0.3, -0.25) is 9.88 Å². The van der Waals surface area contributed by atoms with Crippen molar-refractivity contribution in [3.05, 3.63) is 58.6 Å². The van der Waals surface area contributed by atoms with Gasteiger partial charge in [-0.05, 0) is 70.1 Å². The molecule has 1 aliphatic rings. The first-order valence-electron chi connectivity index (χ1n) is 10.1. The first-order chi connectivity index (χ1) is 13.1. The number of benzene rings is 1. The van der Waals surface area contributed by atoms with Gasteiger partial charge in [0.2, 0.25) is 0 Å². The van der Waals surface area contributed by atoms with Gasteiger partial charge >= 0.3 is 0 Å². The Labute approximate surface area is 168 Å². The number of halogens is 1. The third-order valence-corrected chi connectivity index (χ3v) is 5.61. The van der Waals surface area contributed by atoms with E-state index in [0.717, 1.165) is 17.3 Å². The van der Waals surface area contributed by atoms with Crippen LogP contribution in [0.4, 0.5) is 0 Å². The van der Waals surface area contributed by atoms with Crippen LogP contribution in [0.25, 0.3) is 16.5 Å². The second-order valence-corrected chi connectivity index (χ2v) is 7.44. The second kappa shape index (κ2) is 8.90.